The summed E-state index contributed by atoms with van der Waals surface area (Å²) >= 11 is 0. The van der Waals surface area contributed by atoms with Crippen LogP contribution < -0.4 is 5.73 Å². The minimum absolute atomic E-state index is 0.0777. The highest BCUT2D eigenvalue weighted by Gasteiger charge is 2.29. The van der Waals surface area contributed by atoms with Gasteiger partial charge in [-0.05, 0) is 31.4 Å². The molecule has 0 aromatic heterocycles. The van der Waals surface area contributed by atoms with Crippen LogP contribution in [0.1, 0.15) is 38.7 Å². The maximum Gasteiger partial charge on any atom is 0.226 e. The first-order valence-corrected chi connectivity index (χ1v) is 8.92. The summed E-state index contributed by atoms with van der Waals surface area (Å²) in [6, 6.07) is 10.9. The molecule has 1 aliphatic heterocycles. The first-order valence-electron chi connectivity index (χ1n) is 8.92. The van der Waals surface area contributed by atoms with Crippen molar-refractivity contribution in [3.63, 3.8) is 0 Å². The number of carbonyl (C=O) groups excluding carboxylic acids is 1. The van der Waals surface area contributed by atoms with Gasteiger partial charge in [0.1, 0.15) is 0 Å². The molecule has 2 rings (SSSR count). The lowest BCUT2D eigenvalue weighted by atomic mass is 10.0. The Hall–Kier alpha value is -1.39. The van der Waals surface area contributed by atoms with Crippen molar-refractivity contribution in [3.05, 3.63) is 35.9 Å². The molecule has 1 heterocycles. The molecular weight excluding hydrogens is 286 g/mol. The largest absolute Gasteiger partial charge is 0.338 e. The van der Waals surface area contributed by atoms with Crippen LogP contribution in [0.2, 0.25) is 0 Å². The average molecular weight is 317 g/mol. The van der Waals surface area contributed by atoms with Gasteiger partial charge in [-0.2, -0.15) is 0 Å². The summed E-state index contributed by atoms with van der Waals surface area (Å²) in [7, 11) is 0. The van der Waals surface area contributed by atoms with Crippen LogP contribution in [0.5, 0.6) is 0 Å². The summed E-state index contributed by atoms with van der Waals surface area (Å²) in [6.07, 6.45) is 3.26. The van der Waals surface area contributed by atoms with Crippen LogP contribution in [0.25, 0.3) is 0 Å². The Morgan fingerprint density at radius 3 is 2.78 bits per heavy atom. The molecule has 0 bridgehead atoms. The predicted molar refractivity (Wildman–Crippen MR) is 95.0 cm³/mol. The van der Waals surface area contributed by atoms with Crippen molar-refractivity contribution in [1.29, 1.82) is 0 Å². The second-order valence-electron chi connectivity index (χ2n) is 6.69. The molecule has 2 atom stereocenters. The van der Waals surface area contributed by atoms with Gasteiger partial charge in [0.15, 0.2) is 0 Å². The molecule has 128 valence electrons. The highest BCUT2D eigenvalue weighted by Crippen LogP contribution is 2.20. The number of benzene rings is 1. The van der Waals surface area contributed by atoms with Gasteiger partial charge in [-0.3, -0.25) is 9.69 Å². The molecule has 0 saturated carbocycles. The highest BCUT2D eigenvalue weighted by atomic mass is 16.2. The van der Waals surface area contributed by atoms with Crippen molar-refractivity contribution in [1.82, 2.24) is 9.80 Å². The number of nitrogens with zero attached hydrogens (tertiary/aromatic N) is 2. The Labute approximate surface area is 140 Å². The molecule has 1 aromatic rings. The van der Waals surface area contributed by atoms with Crippen molar-refractivity contribution in [3.8, 4) is 0 Å². The van der Waals surface area contributed by atoms with Crippen molar-refractivity contribution >= 4 is 5.91 Å². The van der Waals surface area contributed by atoms with Gasteiger partial charge in [-0.1, -0.05) is 44.2 Å². The maximum atomic E-state index is 12.7. The van der Waals surface area contributed by atoms with E-state index in [0.717, 1.165) is 45.4 Å². The number of carbonyl (C=O) groups is 1. The first-order chi connectivity index (χ1) is 11.2. The highest BCUT2D eigenvalue weighted by molar-refractivity contribution is 5.79. The van der Waals surface area contributed by atoms with E-state index in [1.807, 2.05) is 6.92 Å². The minimum Gasteiger partial charge on any atom is -0.338 e. The van der Waals surface area contributed by atoms with Crippen LogP contribution in [-0.2, 0) is 11.3 Å². The monoisotopic (exact) mass is 317 g/mol. The minimum atomic E-state index is -0.0777. The van der Waals surface area contributed by atoms with Gasteiger partial charge in [0.25, 0.3) is 0 Å². The topological polar surface area (TPSA) is 49.6 Å². The third-order valence-corrected chi connectivity index (χ3v) is 4.69. The fourth-order valence-corrected chi connectivity index (χ4v) is 3.37. The molecule has 4 heteroatoms. The molecule has 1 saturated heterocycles. The summed E-state index contributed by atoms with van der Waals surface area (Å²) in [5, 5.41) is 0. The Kier molecular flexibility index (Phi) is 7.06. The van der Waals surface area contributed by atoms with Crippen molar-refractivity contribution in [2.24, 2.45) is 11.7 Å². The number of hydrogen-bond donors (Lipinski definition) is 1. The normalized spacial score (nSPS) is 20.2. The zero-order chi connectivity index (χ0) is 16.7. The molecule has 0 spiro atoms. The Balaban J connectivity index is 2.00. The van der Waals surface area contributed by atoms with Crippen molar-refractivity contribution in [2.45, 2.75) is 45.7 Å². The molecule has 0 radical (unpaired) electrons. The number of likely N-dealkylation sites (tertiary alicyclic amines) is 1. The molecular formula is C19H31N3O. The van der Waals surface area contributed by atoms with Gasteiger partial charge >= 0.3 is 0 Å². The molecule has 4 nitrogen and oxygen atoms in total. The first kappa shape index (κ1) is 18.0. The van der Waals surface area contributed by atoms with Crippen LogP contribution >= 0.6 is 0 Å². The zero-order valence-electron chi connectivity index (χ0n) is 14.6. The van der Waals surface area contributed by atoms with E-state index in [2.05, 4.69) is 47.1 Å². The molecule has 1 fully saturated rings. The molecule has 2 N–H and O–H groups in total. The molecule has 2 unspecified atom stereocenters. The molecule has 1 aromatic carbocycles. The fourth-order valence-electron chi connectivity index (χ4n) is 3.37. The van der Waals surface area contributed by atoms with Crippen LogP contribution in [0.4, 0.5) is 0 Å². The smallest absolute Gasteiger partial charge is 0.226 e. The summed E-state index contributed by atoms with van der Waals surface area (Å²) in [5.41, 5.74) is 7.05. The number of piperidine rings is 1. The third-order valence-electron chi connectivity index (χ3n) is 4.69. The fraction of sp³-hybridized carbons (Fsp3) is 0.632. The summed E-state index contributed by atoms with van der Waals surface area (Å²) in [5.74, 6) is 0.145. The lowest BCUT2D eigenvalue weighted by Crippen LogP contribution is -2.52. The van der Waals surface area contributed by atoms with E-state index < -0.39 is 0 Å². The second-order valence-corrected chi connectivity index (χ2v) is 6.69. The van der Waals surface area contributed by atoms with E-state index in [1.54, 1.807) is 0 Å². The van der Waals surface area contributed by atoms with Gasteiger partial charge in [0.2, 0.25) is 5.91 Å². The molecule has 1 amide bonds. The van der Waals surface area contributed by atoms with Crippen LogP contribution in [-0.4, -0.2) is 47.9 Å². The molecule has 23 heavy (non-hydrogen) atoms. The van der Waals surface area contributed by atoms with Gasteiger partial charge in [0.05, 0.1) is 0 Å². The number of hydrogen-bond acceptors (Lipinski definition) is 3. The summed E-state index contributed by atoms with van der Waals surface area (Å²) in [4.78, 5) is 17.2. The van der Waals surface area contributed by atoms with Crippen LogP contribution in [0.3, 0.4) is 0 Å². The van der Waals surface area contributed by atoms with E-state index >= 15 is 0 Å². The average Bonchev–Trinajstić information content (AvgIpc) is 2.59. The summed E-state index contributed by atoms with van der Waals surface area (Å²) < 4.78 is 0. The van der Waals surface area contributed by atoms with Crippen molar-refractivity contribution < 1.29 is 4.79 Å². The lowest BCUT2D eigenvalue weighted by Gasteiger charge is -2.40. The number of rotatable bonds is 7. The second kappa shape index (κ2) is 9.04. The molecule has 1 aliphatic rings. The Bertz CT molecular complexity index is 477. The summed E-state index contributed by atoms with van der Waals surface area (Å²) in [6.45, 7) is 8.40. The van der Waals surface area contributed by atoms with Crippen LogP contribution in [0, 0.1) is 5.92 Å². The van der Waals surface area contributed by atoms with E-state index in [-0.39, 0.29) is 11.8 Å². The number of nitrogens with two attached hydrogens (primary N) is 1. The van der Waals surface area contributed by atoms with Gasteiger partial charge in [0, 0.05) is 38.1 Å². The number of amides is 1. The maximum absolute atomic E-state index is 12.7. The quantitative estimate of drug-likeness (QED) is 0.840. The van der Waals surface area contributed by atoms with E-state index in [9.17, 15) is 4.79 Å². The third kappa shape index (κ3) is 5.05. The van der Waals surface area contributed by atoms with Gasteiger partial charge < -0.3 is 10.6 Å². The van der Waals surface area contributed by atoms with E-state index in [0.29, 0.717) is 12.6 Å². The zero-order valence-corrected chi connectivity index (χ0v) is 14.6. The van der Waals surface area contributed by atoms with E-state index in [1.165, 1.54) is 5.56 Å². The molecule has 0 aliphatic carbocycles. The lowest BCUT2D eigenvalue weighted by molar-refractivity contribution is -0.138. The SMILES string of the molecule is CCCN(C(=O)C(C)CN)C1CCCN(Cc2ccccc2)C1. The van der Waals surface area contributed by atoms with Crippen molar-refractivity contribution in [2.75, 3.05) is 26.2 Å². The standard InChI is InChI=1S/C19H31N3O/c1-3-11-22(19(23)16(2)13-20)18-10-7-12-21(15-18)14-17-8-5-4-6-9-17/h4-6,8-9,16,18H,3,7,10-15,20H2,1-2H3. The van der Waals surface area contributed by atoms with Gasteiger partial charge in [-0.25, -0.2) is 0 Å². The van der Waals surface area contributed by atoms with Crippen LogP contribution in [0.15, 0.2) is 30.3 Å². The Morgan fingerprint density at radius 1 is 1.39 bits per heavy atom. The van der Waals surface area contributed by atoms with E-state index in [4.69, 9.17) is 5.73 Å². The Morgan fingerprint density at radius 2 is 2.13 bits per heavy atom. The predicted octanol–water partition coefficient (Wildman–Crippen LogP) is 2.48. The van der Waals surface area contributed by atoms with Gasteiger partial charge in [-0.15, -0.1) is 0 Å².